The lowest BCUT2D eigenvalue weighted by molar-refractivity contribution is -0.121. The number of urea groups is 1. The van der Waals surface area contributed by atoms with Crippen LogP contribution in [0.4, 0.5) is 4.79 Å². The van der Waals surface area contributed by atoms with Gasteiger partial charge in [-0.05, 0) is 37.8 Å². The second-order valence-electron chi connectivity index (χ2n) is 11.0. The standard InChI is InChI=1S/C27H42N4O4S/c1-18-9-11-20(12-10-18)25(33)29-16-27(3,4)17-35-14-19(2)13-28-23(32)8-6-5-7-22-24-21(15-36-22)30-26(34)31-24/h9-12,19,21-22,24H,5-8,13-17H2,1-4H3,(H,28,32)(H,29,33)(H2,30,31,34)/t19?,21?,22-,24-/m0/s1. The molecule has 36 heavy (non-hydrogen) atoms. The second-order valence-corrected chi connectivity index (χ2v) is 12.3. The number of hydrogen-bond donors (Lipinski definition) is 4. The minimum Gasteiger partial charge on any atom is -0.380 e. The highest BCUT2D eigenvalue weighted by molar-refractivity contribution is 8.00. The number of hydrogen-bond acceptors (Lipinski definition) is 5. The molecule has 0 aliphatic carbocycles. The van der Waals surface area contributed by atoms with E-state index in [0.717, 1.165) is 30.6 Å². The Hall–Kier alpha value is -2.26. The van der Waals surface area contributed by atoms with E-state index in [4.69, 9.17) is 4.74 Å². The van der Waals surface area contributed by atoms with Crippen molar-refractivity contribution in [1.29, 1.82) is 0 Å². The predicted octanol–water partition coefficient (Wildman–Crippen LogP) is 3.25. The molecule has 4 N–H and O–H groups in total. The fourth-order valence-electron chi connectivity index (χ4n) is 4.42. The van der Waals surface area contributed by atoms with Crippen LogP contribution in [0.3, 0.4) is 0 Å². The van der Waals surface area contributed by atoms with Crippen LogP contribution in [-0.2, 0) is 9.53 Å². The predicted molar refractivity (Wildman–Crippen MR) is 144 cm³/mol. The lowest BCUT2D eigenvalue weighted by Gasteiger charge is -2.26. The molecule has 2 heterocycles. The van der Waals surface area contributed by atoms with E-state index in [1.807, 2.05) is 43.0 Å². The van der Waals surface area contributed by atoms with Crippen LogP contribution in [0.25, 0.3) is 0 Å². The summed E-state index contributed by atoms with van der Waals surface area (Å²) >= 11 is 1.91. The zero-order valence-corrected chi connectivity index (χ0v) is 22.8. The first-order chi connectivity index (χ1) is 17.1. The van der Waals surface area contributed by atoms with Crippen molar-refractivity contribution in [3.05, 3.63) is 35.4 Å². The second kappa shape index (κ2) is 13.3. The third-order valence-electron chi connectivity index (χ3n) is 6.66. The van der Waals surface area contributed by atoms with Crippen molar-refractivity contribution >= 4 is 29.6 Å². The summed E-state index contributed by atoms with van der Waals surface area (Å²) in [5, 5.41) is 12.4. The Kier molecular flexibility index (Phi) is 10.5. The van der Waals surface area contributed by atoms with Gasteiger partial charge in [0.15, 0.2) is 0 Å². The maximum Gasteiger partial charge on any atom is 0.315 e. The van der Waals surface area contributed by atoms with Gasteiger partial charge in [0.1, 0.15) is 0 Å². The molecule has 2 fully saturated rings. The molecule has 0 spiro atoms. The number of ether oxygens (including phenoxy) is 1. The van der Waals surface area contributed by atoms with Gasteiger partial charge in [0.25, 0.3) is 5.91 Å². The van der Waals surface area contributed by atoms with Gasteiger partial charge >= 0.3 is 6.03 Å². The van der Waals surface area contributed by atoms with Gasteiger partial charge in [0, 0.05) is 41.5 Å². The Morgan fingerprint density at radius 3 is 2.67 bits per heavy atom. The number of carbonyl (C=O) groups is 3. The molecule has 3 rings (SSSR count). The monoisotopic (exact) mass is 518 g/mol. The Morgan fingerprint density at radius 2 is 1.92 bits per heavy atom. The summed E-state index contributed by atoms with van der Waals surface area (Å²) in [4.78, 5) is 36.0. The normalized spacial score (nSPS) is 21.9. The molecule has 2 unspecified atom stereocenters. The van der Waals surface area contributed by atoms with E-state index in [9.17, 15) is 14.4 Å². The summed E-state index contributed by atoms with van der Waals surface area (Å²) in [5.41, 5.74) is 1.59. The lowest BCUT2D eigenvalue weighted by Crippen LogP contribution is -2.37. The molecule has 0 bridgehead atoms. The average molecular weight is 519 g/mol. The maximum absolute atomic E-state index is 12.3. The summed E-state index contributed by atoms with van der Waals surface area (Å²) in [5.74, 6) is 1.17. The summed E-state index contributed by atoms with van der Waals surface area (Å²) in [6.07, 6.45) is 3.39. The van der Waals surface area contributed by atoms with Crippen molar-refractivity contribution in [2.45, 2.75) is 70.7 Å². The highest BCUT2D eigenvalue weighted by atomic mass is 32.2. The summed E-state index contributed by atoms with van der Waals surface area (Å²) in [6.45, 7) is 10.4. The van der Waals surface area contributed by atoms with Crippen molar-refractivity contribution in [1.82, 2.24) is 21.3 Å². The number of rotatable bonds is 14. The zero-order chi connectivity index (χ0) is 26.1. The highest BCUT2D eigenvalue weighted by Gasteiger charge is 2.42. The van der Waals surface area contributed by atoms with Gasteiger partial charge in [-0.1, -0.05) is 44.9 Å². The van der Waals surface area contributed by atoms with E-state index >= 15 is 0 Å². The van der Waals surface area contributed by atoms with Crippen LogP contribution in [0.15, 0.2) is 24.3 Å². The SMILES string of the molecule is Cc1ccc(C(=O)NCC(C)(C)COCC(C)CNC(=O)CCCC[C@@H]2SCC3NC(=O)N[C@@H]32)cc1. The molecule has 9 heteroatoms. The molecule has 0 saturated carbocycles. The molecular formula is C27H42N4O4S. The molecule has 8 nitrogen and oxygen atoms in total. The summed E-state index contributed by atoms with van der Waals surface area (Å²) in [6, 6.07) is 7.96. The van der Waals surface area contributed by atoms with Crippen molar-refractivity contribution in [2.24, 2.45) is 11.3 Å². The van der Waals surface area contributed by atoms with E-state index < -0.39 is 0 Å². The van der Waals surface area contributed by atoms with Crippen molar-refractivity contribution in [3.8, 4) is 0 Å². The van der Waals surface area contributed by atoms with Gasteiger partial charge in [-0.25, -0.2) is 4.79 Å². The molecule has 2 aliphatic heterocycles. The van der Waals surface area contributed by atoms with Gasteiger partial charge < -0.3 is 26.0 Å². The Morgan fingerprint density at radius 1 is 1.17 bits per heavy atom. The Balaban J connectivity index is 1.21. The van der Waals surface area contributed by atoms with E-state index in [0.29, 0.717) is 43.5 Å². The van der Waals surface area contributed by atoms with Gasteiger partial charge in [-0.2, -0.15) is 11.8 Å². The number of fused-ring (bicyclic) bond motifs is 1. The van der Waals surface area contributed by atoms with Gasteiger partial charge in [0.2, 0.25) is 5.91 Å². The van der Waals surface area contributed by atoms with Gasteiger partial charge in [-0.3, -0.25) is 9.59 Å². The van der Waals surface area contributed by atoms with Crippen molar-refractivity contribution in [2.75, 3.05) is 32.1 Å². The van der Waals surface area contributed by atoms with E-state index in [1.165, 1.54) is 0 Å². The fourth-order valence-corrected chi connectivity index (χ4v) is 5.97. The third-order valence-corrected chi connectivity index (χ3v) is 8.17. The van der Waals surface area contributed by atoms with Gasteiger partial charge in [-0.15, -0.1) is 0 Å². The van der Waals surface area contributed by atoms with E-state index in [1.54, 1.807) is 0 Å². The van der Waals surface area contributed by atoms with Crippen molar-refractivity contribution in [3.63, 3.8) is 0 Å². The molecule has 2 aliphatic rings. The number of nitrogens with one attached hydrogen (secondary N) is 4. The Labute approximate surface area is 219 Å². The lowest BCUT2D eigenvalue weighted by atomic mass is 9.94. The highest BCUT2D eigenvalue weighted by Crippen LogP contribution is 2.33. The number of thioether (sulfide) groups is 1. The molecule has 4 atom stereocenters. The largest absolute Gasteiger partial charge is 0.380 e. The van der Waals surface area contributed by atoms with E-state index in [2.05, 4.69) is 42.0 Å². The number of aryl methyl sites for hydroxylation is 1. The summed E-state index contributed by atoms with van der Waals surface area (Å²) in [7, 11) is 0. The number of carbonyl (C=O) groups excluding carboxylic acids is 3. The van der Waals surface area contributed by atoms with E-state index in [-0.39, 0.29) is 41.3 Å². The molecular weight excluding hydrogens is 476 g/mol. The van der Waals surface area contributed by atoms with Crippen LogP contribution >= 0.6 is 11.8 Å². The number of unbranched alkanes of at least 4 members (excludes halogenated alkanes) is 1. The number of amides is 4. The minimum atomic E-state index is -0.196. The first-order valence-corrected chi connectivity index (χ1v) is 14.1. The quantitative estimate of drug-likeness (QED) is 0.223. The first kappa shape index (κ1) is 28.3. The smallest absolute Gasteiger partial charge is 0.315 e. The topological polar surface area (TPSA) is 109 Å². The van der Waals surface area contributed by atoms with Crippen LogP contribution in [0.2, 0.25) is 0 Å². The minimum absolute atomic E-state index is 0.0544. The van der Waals surface area contributed by atoms with Crippen LogP contribution in [-0.4, -0.2) is 67.2 Å². The molecule has 200 valence electrons. The zero-order valence-electron chi connectivity index (χ0n) is 22.0. The average Bonchev–Trinajstić information content (AvgIpc) is 3.38. The molecule has 2 saturated heterocycles. The van der Waals surface area contributed by atoms with Crippen LogP contribution < -0.4 is 21.3 Å². The van der Waals surface area contributed by atoms with Crippen LogP contribution in [0.1, 0.15) is 62.4 Å². The van der Waals surface area contributed by atoms with Crippen LogP contribution in [0.5, 0.6) is 0 Å². The number of benzene rings is 1. The Bertz CT molecular complexity index is 892. The van der Waals surface area contributed by atoms with Gasteiger partial charge in [0.05, 0.1) is 25.3 Å². The third kappa shape index (κ3) is 9.00. The molecule has 4 amide bonds. The van der Waals surface area contributed by atoms with Crippen LogP contribution in [0, 0.1) is 18.3 Å². The molecule has 1 aromatic carbocycles. The van der Waals surface area contributed by atoms with Crippen molar-refractivity contribution < 1.29 is 19.1 Å². The molecule has 0 aromatic heterocycles. The fraction of sp³-hybridized carbons (Fsp3) is 0.667. The maximum atomic E-state index is 12.3. The first-order valence-electron chi connectivity index (χ1n) is 13.0. The molecule has 0 radical (unpaired) electrons. The molecule has 1 aromatic rings. The summed E-state index contributed by atoms with van der Waals surface area (Å²) < 4.78 is 5.90.